The maximum absolute atomic E-state index is 12.7. The van der Waals surface area contributed by atoms with Gasteiger partial charge >= 0.3 is 0 Å². The third-order valence-electron chi connectivity index (χ3n) is 6.64. The van der Waals surface area contributed by atoms with E-state index in [2.05, 4.69) is 16.8 Å². The van der Waals surface area contributed by atoms with E-state index < -0.39 is 0 Å². The number of H-pyrrole nitrogens is 1. The normalized spacial score (nSPS) is 17.2. The molecule has 2 aromatic carbocycles. The van der Waals surface area contributed by atoms with Crippen LogP contribution in [0.4, 0.5) is 5.69 Å². The van der Waals surface area contributed by atoms with Crippen LogP contribution in [0.2, 0.25) is 10.0 Å². The molecule has 0 unspecified atom stereocenters. The van der Waals surface area contributed by atoms with Crippen molar-refractivity contribution < 1.29 is 4.79 Å². The zero-order valence-corrected chi connectivity index (χ0v) is 19.8. The lowest BCUT2D eigenvalue weighted by Gasteiger charge is -2.36. The number of hydrogen-bond donors (Lipinski definition) is 1. The van der Waals surface area contributed by atoms with Crippen molar-refractivity contribution in [1.29, 1.82) is 0 Å². The number of aryl methyl sites for hydroxylation is 2. The summed E-state index contributed by atoms with van der Waals surface area (Å²) in [5, 5.41) is 1.44. The van der Waals surface area contributed by atoms with Gasteiger partial charge in [0.25, 0.3) is 0 Å². The van der Waals surface area contributed by atoms with Crippen molar-refractivity contribution in [3.8, 4) is 11.4 Å². The first-order valence-corrected chi connectivity index (χ1v) is 11.8. The lowest BCUT2D eigenvalue weighted by molar-refractivity contribution is -0.118. The smallest absolute Gasteiger partial charge is 0.231 e. The van der Waals surface area contributed by atoms with Crippen molar-refractivity contribution in [2.45, 2.75) is 45.7 Å². The van der Waals surface area contributed by atoms with Gasteiger partial charge in [0.1, 0.15) is 5.82 Å². The highest BCUT2D eigenvalue weighted by Crippen LogP contribution is 2.35. The highest BCUT2D eigenvalue weighted by Gasteiger charge is 2.35. The maximum Gasteiger partial charge on any atom is 0.231 e. The number of halogens is 2. The fourth-order valence-electron chi connectivity index (χ4n) is 4.79. The summed E-state index contributed by atoms with van der Waals surface area (Å²) in [6.07, 6.45) is 2.36. The van der Waals surface area contributed by atoms with Gasteiger partial charge in [0.2, 0.25) is 5.91 Å². The van der Waals surface area contributed by atoms with E-state index >= 15 is 0 Å². The average Bonchev–Trinajstić information content (AvgIpc) is 3.29. The van der Waals surface area contributed by atoms with Crippen LogP contribution in [0.15, 0.2) is 36.4 Å². The second kappa shape index (κ2) is 8.54. The van der Waals surface area contributed by atoms with E-state index in [1.807, 2.05) is 48.2 Å². The first-order chi connectivity index (χ1) is 15.4. The summed E-state index contributed by atoms with van der Waals surface area (Å²) in [6, 6.07) is 12.1. The molecule has 2 aliphatic heterocycles. The Morgan fingerprint density at radius 3 is 2.62 bits per heavy atom. The Labute approximate surface area is 198 Å². The molecule has 0 radical (unpaired) electrons. The van der Waals surface area contributed by atoms with Crippen molar-refractivity contribution in [3.63, 3.8) is 0 Å². The molecule has 166 valence electrons. The summed E-state index contributed by atoms with van der Waals surface area (Å²) >= 11 is 12.4. The molecule has 1 N–H and O–H groups in total. The molecule has 1 fully saturated rings. The molecule has 2 aliphatic rings. The Morgan fingerprint density at radius 2 is 1.88 bits per heavy atom. The molecule has 5 nitrogen and oxygen atoms in total. The van der Waals surface area contributed by atoms with Crippen LogP contribution in [0.25, 0.3) is 11.4 Å². The van der Waals surface area contributed by atoms with E-state index in [9.17, 15) is 4.79 Å². The van der Waals surface area contributed by atoms with Gasteiger partial charge in [-0.2, -0.15) is 0 Å². The number of aromatic amines is 1. The maximum atomic E-state index is 12.7. The van der Waals surface area contributed by atoms with Gasteiger partial charge in [-0.25, -0.2) is 4.98 Å². The summed E-state index contributed by atoms with van der Waals surface area (Å²) in [5.74, 6) is 1.04. The standard InChI is InChI=1S/C25H26Cl2N4O/c1-15-3-4-17(12-21(15)27)25-28-16(2)22(29-25)14-30-9-7-20(8-10-30)31-23-6-5-19(26)11-18(23)13-24(31)32/h3-6,11-12,20H,7-10,13-14H2,1-2H3,(H,28,29). The van der Waals surface area contributed by atoms with E-state index in [4.69, 9.17) is 28.2 Å². The molecular weight excluding hydrogens is 443 g/mol. The molecule has 1 amide bonds. The van der Waals surface area contributed by atoms with E-state index in [1.165, 1.54) is 0 Å². The molecule has 0 spiro atoms. The third kappa shape index (κ3) is 4.05. The van der Waals surface area contributed by atoms with Crippen LogP contribution in [0.5, 0.6) is 0 Å². The van der Waals surface area contributed by atoms with Crippen LogP contribution in [-0.4, -0.2) is 39.9 Å². The fraction of sp³-hybridized carbons (Fsp3) is 0.360. The zero-order valence-electron chi connectivity index (χ0n) is 18.3. The number of carbonyl (C=O) groups excluding carboxylic acids is 1. The van der Waals surface area contributed by atoms with Gasteiger partial charge in [0.15, 0.2) is 0 Å². The van der Waals surface area contributed by atoms with Crippen molar-refractivity contribution in [2.24, 2.45) is 0 Å². The Balaban J connectivity index is 1.25. The van der Waals surface area contributed by atoms with Gasteiger partial charge < -0.3 is 9.88 Å². The summed E-state index contributed by atoms with van der Waals surface area (Å²) in [7, 11) is 0. The molecule has 5 rings (SSSR count). The first-order valence-electron chi connectivity index (χ1n) is 11.0. The molecule has 32 heavy (non-hydrogen) atoms. The van der Waals surface area contributed by atoms with Crippen LogP contribution >= 0.6 is 23.2 Å². The number of benzene rings is 2. The number of imidazole rings is 1. The lowest BCUT2D eigenvalue weighted by atomic mass is 10.0. The lowest BCUT2D eigenvalue weighted by Crippen LogP contribution is -2.46. The first kappa shape index (κ1) is 21.5. The van der Waals surface area contributed by atoms with Crippen molar-refractivity contribution in [3.05, 3.63) is 69.0 Å². The van der Waals surface area contributed by atoms with Crippen LogP contribution in [-0.2, 0) is 17.8 Å². The minimum absolute atomic E-state index is 0.185. The quantitative estimate of drug-likeness (QED) is 0.545. The number of piperidine rings is 1. The van der Waals surface area contributed by atoms with Crippen LogP contribution in [0, 0.1) is 13.8 Å². The molecule has 0 bridgehead atoms. The van der Waals surface area contributed by atoms with Gasteiger partial charge in [-0.05, 0) is 62.1 Å². The van der Waals surface area contributed by atoms with E-state index in [0.717, 1.165) is 77.1 Å². The van der Waals surface area contributed by atoms with Crippen LogP contribution in [0.1, 0.15) is 35.4 Å². The molecule has 7 heteroatoms. The number of aromatic nitrogens is 2. The number of nitrogens with zero attached hydrogens (tertiary/aromatic N) is 3. The number of likely N-dealkylation sites (tertiary alicyclic amines) is 1. The van der Waals surface area contributed by atoms with Gasteiger partial charge in [0.05, 0.1) is 12.1 Å². The topological polar surface area (TPSA) is 52.2 Å². The minimum Gasteiger partial charge on any atom is -0.342 e. The Hall–Kier alpha value is -2.34. The van der Waals surface area contributed by atoms with Crippen LogP contribution in [0.3, 0.4) is 0 Å². The Bertz CT molecular complexity index is 1180. The highest BCUT2D eigenvalue weighted by molar-refractivity contribution is 6.31. The summed E-state index contributed by atoms with van der Waals surface area (Å²) in [5.41, 5.74) is 6.28. The number of hydrogen-bond acceptors (Lipinski definition) is 3. The predicted octanol–water partition coefficient (Wildman–Crippen LogP) is 5.55. The van der Waals surface area contributed by atoms with Gasteiger partial charge in [0, 0.05) is 52.7 Å². The molecule has 3 heterocycles. The van der Waals surface area contributed by atoms with Crippen molar-refractivity contribution in [1.82, 2.24) is 14.9 Å². The molecule has 0 aliphatic carbocycles. The number of anilines is 1. The van der Waals surface area contributed by atoms with Gasteiger partial charge in [-0.1, -0.05) is 35.3 Å². The zero-order chi connectivity index (χ0) is 22.4. The molecule has 0 saturated carbocycles. The second-order valence-electron chi connectivity index (χ2n) is 8.84. The summed E-state index contributed by atoms with van der Waals surface area (Å²) in [4.78, 5) is 25.4. The SMILES string of the molecule is Cc1ccc(-c2nc(CN3CCC(N4C(=O)Cc5cc(Cl)ccc54)CC3)c(C)[nH]2)cc1Cl. The summed E-state index contributed by atoms with van der Waals surface area (Å²) < 4.78 is 0. The van der Waals surface area contributed by atoms with Crippen molar-refractivity contribution in [2.75, 3.05) is 18.0 Å². The highest BCUT2D eigenvalue weighted by atomic mass is 35.5. The number of rotatable bonds is 4. The number of carbonyl (C=O) groups is 1. The predicted molar refractivity (Wildman–Crippen MR) is 129 cm³/mol. The number of nitrogens with one attached hydrogen (secondary N) is 1. The minimum atomic E-state index is 0.185. The monoisotopic (exact) mass is 468 g/mol. The Kier molecular flexibility index (Phi) is 5.74. The molecule has 1 aromatic heterocycles. The van der Waals surface area contributed by atoms with Crippen molar-refractivity contribution >= 4 is 34.8 Å². The number of fused-ring (bicyclic) bond motifs is 1. The van der Waals surface area contributed by atoms with E-state index in [0.29, 0.717) is 11.4 Å². The molecule has 3 aromatic rings. The molecule has 1 saturated heterocycles. The largest absolute Gasteiger partial charge is 0.342 e. The second-order valence-corrected chi connectivity index (χ2v) is 9.69. The van der Waals surface area contributed by atoms with Crippen LogP contribution < -0.4 is 4.90 Å². The van der Waals surface area contributed by atoms with E-state index in [-0.39, 0.29) is 11.9 Å². The third-order valence-corrected chi connectivity index (χ3v) is 7.28. The van der Waals surface area contributed by atoms with Gasteiger partial charge in [-0.3, -0.25) is 9.69 Å². The van der Waals surface area contributed by atoms with E-state index in [1.54, 1.807) is 0 Å². The average molecular weight is 469 g/mol. The van der Waals surface area contributed by atoms with Gasteiger partial charge in [-0.15, -0.1) is 0 Å². The summed E-state index contributed by atoms with van der Waals surface area (Å²) in [6.45, 7) is 6.75. The molecule has 0 atom stereocenters. The number of amides is 1. The molecular formula is C25H26Cl2N4O. The Morgan fingerprint density at radius 1 is 1.09 bits per heavy atom. The fourth-order valence-corrected chi connectivity index (χ4v) is 5.16.